The predicted molar refractivity (Wildman–Crippen MR) is 76.3 cm³/mol. The van der Waals surface area contributed by atoms with Crippen LogP contribution in [-0.4, -0.2) is 41.3 Å². The van der Waals surface area contributed by atoms with Crippen LogP contribution in [0, 0.1) is 0 Å². The molecular weight excluding hydrogens is 238 g/mol. The van der Waals surface area contributed by atoms with E-state index in [2.05, 4.69) is 9.88 Å². The summed E-state index contributed by atoms with van der Waals surface area (Å²) in [7, 11) is 0. The van der Waals surface area contributed by atoms with Gasteiger partial charge in [-0.3, -0.25) is 9.69 Å². The van der Waals surface area contributed by atoms with Crippen molar-refractivity contribution in [3.8, 4) is 0 Å². The molecule has 1 fully saturated rings. The zero-order valence-corrected chi connectivity index (χ0v) is 10.9. The van der Waals surface area contributed by atoms with Gasteiger partial charge in [0, 0.05) is 41.8 Å². The highest BCUT2D eigenvalue weighted by molar-refractivity contribution is 6.08. The van der Waals surface area contributed by atoms with E-state index in [4.69, 9.17) is 5.73 Å². The quantitative estimate of drug-likeness (QED) is 0.824. The lowest BCUT2D eigenvalue weighted by Gasteiger charge is -2.29. The molecule has 4 heteroatoms. The number of hydrogen-bond donors (Lipinski definition) is 2. The molecule has 0 amide bonds. The van der Waals surface area contributed by atoms with Gasteiger partial charge < -0.3 is 10.7 Å². The summed E-state index contributed by atoms with van der Waals surface area (Å²) in [6.07, 6.45) is 3.80. The first-order chi connectivity index (χ1) is 9.24. The number of aromatic nitrogens is 1. The number of carbonyl (C=O) groups excluding carboxylic acids is 1. The maximum absolute atomic E-state index is 12.4. The van der Waals surface area contributed by atoms with Gasteiger partial charge in [-0.25, -0.2) is 0 Å². The SMILES string of the molecule is NC1CCN(CC(=O)c2c[nH]c3ccccc23)CC1. The van der Waals surface area contributed by atoms with Crippen LogP contribution in [0.4, 0.5) is 0 Å². The normalized spacial score (nSPS) is 17.9. The van der Waals surface area contributed by atoms with Crippen molar-refractivity contribution in [2.24, 2.45) is 5.73 Å². The molecule has 1 saturated heterocycles. The van der Waals surface area contributed by atoms with Crippen LogP contribution in [-0.2, 0) is 0 Å². The topological polar surface area (TPSA) is 62.1 Å². The smallest absolute Gasteiger partial charge is 0.178 e. The fourth-order valence-electron chi connectivity index (χ4n) is 2.70. The molecule has 0 radical (unpaired) electrons. The number of rotatable bonds is 3. The Morgan fingerprint density at radius 1 is 1.32 bits per heavy atom. The van der Waals surface area contributed by atoms with Crippen molar-refractivity contribution in [1.29, 1.82) is 0 Å². The van der Waals surface area contributed by atoms with Crippen molar-refractivity contribution in [1.82, 2.24) is 9.88 Å². The Kier molecular flexibility index (Phi) is 3.36. The third-order valence-electron chi connectivity index (χ3n) is 3.89. The van der Waals surface area contributed by atoms with E-state index in [0.717, 1.165) is 42.4 Å². The lowest BCUT2D eigenvalue weighted by atomic mass is 10.0. The molecule has 3 N–H and O–H groups in total. The molecule has 0 atom stereocenters. The third-order valence-corrected chi connectivity index (χ3v) is 3.89. The number of likely N-dealkylation sites (tertiary alicyclic amines) is 1. The fraction of sp³-hybridized carbons (Fsp3) is 0.400. The molecule has 1 aromatic carbocycles. The van der Waals surface area contributed by atoms with Gasteiger partial charge in [0.15, 0.2) is 5.78 Å². The fourth-order valence-corrected chi connectivity index (χ4v) is 2.70. The number of H-pyrrole nitrogens is 1. The number of Topliss-reactive ketones (excluding diaryl/α,β-unsaturated/α-hetero) is 1. The van der Waals surface area contributed by atoms with Crippen molar-refractivity contribution >= 4 is 16.7 Å². The Bertz CT molecular complexity index is 582. The molecule has 4 nitrogen and oxygen atoms in total. The van der Waals surface area contributed by atoms with E-state index in [1.165, 1.54) is 0 Å². The number of fused-ring (bicyclic) bond motifs is 1. The lowest BCUT2D eigenvalue weighted by Crippen LogP contribution is -2.41. The minimum atomic E-state index is 0.188. The molecule has 0 unspecified atom stereocenters. The molecule has 0 aliphatic carbocycles. The molecule has 100 valence electrons. The van der Waals surface area contributed by atoms with Crippen LogP contribution < -0.4 is 5.73 Å². The van der Waals surface area contributed by atoms with E-state index < -0.39 is 0 Å². The highest BCUT2D eigenvalue weighted by Crippen LogP contribution is 2.19. The second-order valence-corrected chi connectivity index (χ2v) is 5.28. The van der Waals surface area contributed by atoms with Gasteiger partial charge in [0.1, 0.15) is 0 Å². The van der Waals surface area contributed by atoms with Crippen LogP contribution >= 0.6 is 0 Å². The van der Waals surface area contributed by atoms with E-state index in [9.17, 15) is 4.79 Å². The molecule has 0 bridgehead atoms. The number of piperidine rings is 1. The van der Waals surface area contributed by atoms with Crippen LogP contribution in [0.3, 0.4) is 0 Å². The second-order valence-electron chi connectivity index (χ2n) is 5.28. The Balaban J connectivity index is 1.73. The summed E-state index contributed by atoms with van der Waals surface area (Å²) in [5.41, 5.74) is 7.70. The summed E-state index contributed by atoms with van der Waals surface area (Å²) < 4.78 is 0. The van der Waals surface area contributed by atoms with Crippen LogP contribution in [0.25, 0.3) is 10.9 Å². The monoisotopic (exact) mass is 257 g/mol. The zero-order chi connectivity index (χ0) is 13.2. The summed E-state index contributed by atoms with van der Waals surface area (Å²) >= 11 is 0. The number of ketones is 1. The number of para-hydroxylation sites is 1. The van der Waals surface area contributed by atoms with E-state index in [1.54, 1.807) is 0 Å². The summed E-state index contributed by atoms with van der Waals surface area (Å²) in [5, 5.41) is 1.02. The van der Waals surface area contributed by atoms with Gasteiger partial charge in [-0.15, -0.1) is 0 Å². The molecular formula is C15H19N3O. The first-order valence-corrected chi connectivity index (χ1v) is 6.81. The molecule has 2 heterocycles. The van der Waals surface area contributed by atoms with Crippen molar-refractivity contribution in [3.05, 3.63) is 36.0 Å². The van der Waals surface area contributed by atoms with Crippen LogP contribution in [0.5, 0.6) is 0 Å². The number of nitrogens with two attached hydrogens (primary N) is 1. The highest BCUT2D eigenvalue weighted by atomic mass is 16.1. The van der Waals surface area contributed by atoms with Crippen LogP contribution in [0.2, 0.25) is 0 Å². The molecule has 19 heavy (non-hydrogen) atoms. The Hall–Kier alpha value is -1.65. The second kappa shape index (κ2) is 5.15. The predicted octanol–water partition coefficient (Wildman–Crippen LogP) is 1.77. The van der Waals surface area contributed by atoms with Crippen LogP contribution in [0.15, 0.2) is 30.5 Å². The Labute approximate surface area is 112 Å². The Morgan fingerprint density at radius 2 is 2.05 bits per heavy atom. The standard InChI is InChI=1S/C15H19N3O/c16-11-5-7-18(8-6-11)10-15(19)13-9-17-14-4-2-1-3-12(13)14/h1-4,9,11,17H,5-8,10,16H2. The number of nitrogens with one attached hydrogen (secondary N) is 1. The minimum Gasteiger partial charge on any atom is -0.360 e. The van der Waals surface area contributed by atoms with Crippen molar-refractivity contribution in [2.75, 3.05) is 19.6 Å². The largest absolute Gasteiger partial charge is 0.360 e. The highest BCUT2D eigenvalue weighted by Gasteiger charge is 2.20. The maximum Gasteiger partial charge on any atom is 0.178 e. The van der Waals surface area contributed by atoms with Crippen molar-refractivity contribution in [3.63, 3.8) is 0 Å². The van der Waals surface area contributed by atoms with Gasteiger partial charge in [-0.05, 0) is 18.9 Å². The van der Waals surface area contributed by atoms with Crippen molar-refractivity contribution < 1.29 is 4.79 Å². The van der Waals surface area contributed by atoms with Crippen molar-refractivity contribution in [2.45, 2.75) is 18.9 Å². The summed E-state index contributed by atoms with van der Waals surface area (Å²) in [6, 6.07) is 8.22. The Morgan fingerprint density at radius 3 is 2.84 bits per heavy atom. The third kappa shape index (κ3) is 2.55. The van der Waals surface area contributed by atoms with Gasteiger partial charge in [0.05, 0.1) is 6.54 Å². The first kappa shape index (κ1) is 12.4. The molecule has 2 aromatic rings. The number of nitrogens with zero attached hydrogens (tertiary/aromatic N) is 1. The van der Waals surface area contributed by atoms with Gasteiger partial charge >= 0.3 is 0 Å². The molecule has 1 aromatic heterocycles. The van der Waals surface area contributed by atoms with E-state index in [1.807, 2.05) is 30.5 Å². The number of carbonyl (C=O) groups is 1. The number of aromatic amines is 1. The van der Waals surface area contributed by atoms with Gasteiger partial charge in [-0.1, -0.05) is 18.2 Å². The minimum absolute atomic E-state index is 0.188. The van der Waals surface area contributed by atoms with Gasteiger partial charge in [0.25, 0.3) is 0 Å². The average Bonchev–Trinajstić information content (AvgIpc) is 2.85. The first-order valence-electron chi connectivity index (χ1n) is 6.81. The van der Waals surface area contributed by atoms with Gasteiger partial charge in [-0.2, -0.15) is 0 Å². The average molecular weight is 257 g/mol. The number of hydrogen-bond acceptors (Lipinski definition) is 3. The van der Waals surface area contributed by atoms with E-state index in [-0.39, 0.29) is 5.78 Å². The molecule has 1 aliphatic heterocycles. The summed E-state index contributed by atoms with van der Waals surface area (Å²) in [5.74, 6) is 0.188. The van der Waals surface area contributed by atoms with Gasteiger partial charge in [0.2, 0.25) is 0 Å². The molecule has 3 rings (SSSR count). The van der Waals surface area contributed by atoms with E-state index in [0.29, 0.717) is 12.6 Å². The summed E-state index contributed by atoms with van der Waals surface area (Å²) in [6.45, 7) is 2.35. The number of benzene rings is 1. The maximum atomic E-state index is 12.4. The zero-order valence-electron chi connectivity index (χ0n) is 10.9. The van der Waals surface area contributed by atoms with Crippen LogP contribution in [0.1, 0.15) is 23.2 Å². The molecule has 0 saturated carbocycles. The summed E-state index contributed by atoms with van der Waals surface area (Å²) in [4.78, 5) is 17.7. The molecule has 0 spiro atoms. The molecule has 1 aliphatic rings. The van der Waals surface area contributed by atoms with E-state index >= 15 is 0 Å². The lowest BCUT2D eigenvalue weighted by molar-refractivity contribution is 0.0911.